The monoisotopic (exact) mass is 1670 g/mol. The molecule has 28 nitrogen and oxygen atoms in total. The highest BCUT2D eigenvalue weighted by Crippen LogP contribution is 2.30. The van der Waals surface area contributed by atoms with E-state index in [1.165, 1.54) is 33.3 Å². The number of hydrogen-bond acceptors (Lipinski definition) is 25. The van der Waals surface area contributed by atoms with Crippen molar-refractivity contribution in [2.45, 2.75) is 191 Å². The van der Waals surface area contributed by atoms with Crippen LogP contribution in [-0.4, -0.2) is 292 Å². The van der Waals surface area contributed by atoms with Gasteiger partial charge in [0.05, 0.1) is 89.8 Å². The summed E-state index contributed by atoms with van der Waals surface area (Å²) in [5.74, 6) is 0.972. The van der Waals surface area contributed by atoms with Crippen molar-refractivity contribution >= 4 is 98.1 Å². The Morgan fingerprint density at radius 1 is 0.551 bits per heavy atom. The fourth-order valence-electron chi connectivity index (χ4n) is 11.7. The normalized spacial score (nSPS) is 15.6. The molecule has 614 valence electrons. The fraction of sp³-hybridized carbons (Fsp3) is 0.800. The Morgan fingerprint density at radius 3 is 1.49 bits per heavy atom. The second-order valence-electron chi connectivity index (χ2n) is 26.7. The zero-order valence-electron chi connectivity index (χ0n) is 65.1. The SMILES string of the molecule is CCN(CCN(CC)C(=O)Oc1ccc(C(CCCC(=O)N(CCCCCCSC2CC(=O)N(CCC(=O)CCCCOCC(COCCOC)OCCOC)C2=O)CCCCCCSC2CC(=O)N(CCC(=O)CCCCOCC(COCCOC)OCCOC)C2=O)OC(=O)N/I=N/F)cc1)CC(C)C. The first kappa shape index (κ1) is 96.8. The van der Waals surface area contributed by atoms with Crippen LogP contribution in [-0.2, 0) is 85.7 Å². The Balaban J connectivity index is 1.52. The van der Waals surface area contributed by atoms with Crippen LogP contribution in [0.15, 0.2) is 27.6 Å². The maximum atomic E-state index is 14.2. The molecule has 1 aromatic rings. The maximum absolute atomic E-state index is 14.2. The average molecular weight is 1670 g/mol. The first-order valence-corrected chi connectivity index (χ1v) is 42.5. The van der Waals surface area contributed by atoms with Gasteiger partial charge in [-0.25, -0.2) is 9.59 Å². The van der Waals surface area contributed by atoms with Crippen LogP contribution in [0.4, 0.5) is 14.1 Å². The lowest BCUT2D eigenvalue weighted by Crippen LogP contribution is -2.41. The molecule has 0 radical (unpaired) electrons. The molecule has 1 N–H and O–H groups in total. The highest BCUT2D eigenvalue weighted by molar-refractivity contribution is 14.1. The van der Waals surface area contributed by atoms with E-state index in [1.54, 1.807) is 57.6 Å². The molecule has 7 amide bonds. The van der Waals surface area contributed by atoms with Gasteiger partial charge in [-0.3, -0.25) is 46.9 Å². The smallest absolute Gasteiger partial charge is 0.417 e. The van der Waals surface area contributed by atoms with Crippen LogP contribution in [0.1, 0.15) is 174 Å². The number of rotatable bonds is 69. The van der Waals surface area contributed by atoms with Gasteiger partial charge in [0.25, 0.3) is 0 Å². The van der Waals surface area contributed by atoms with E-state index in [4.69, 9.17) is 56.8 Å². The topological polar surface area (TPSA) is 305 Å². The number of nitrogens with zero attached hydrogens (tertiary/aromatic N) is 6. The van der Waals surface area contributed by atoms with Crippen molar-refractivity contribution in [3.05, 3.63) is 29.8 Å². The van der Waals surface area contributed by atoms with E-state index in [9.17, 15) is 47.6 Å². The van der Waals surface area contributed by atoms with Gasteiger partial charge in [-0.2, -0.15) is 0 Å². The van der Waals surface area contributed by atoms with E-state index in [0.717, 1.165) is 64.5 Å². The van der Waals surface area contributed by atoms with Crippen LogP contribution in [0.25, 0.3) is 0 Å². The van der Waals surface area contributed by atoms with Crippen molar-refractivity contribution in [2.24, 2.45) is 9.29 Å². The molecule has 32 heteroatoms. The summed E-state index contributed by atoms with van der Waals surface area (Å²) in [4.78, 5) is 127. The third kappa shape index (κ3) is 44.4. The molecular formula is C75H127FIN7O21S2. The molecule has 0 bridgehead atoms. The van der Waals surface area contributed by atoms with Crippen LogP contribution in [0.3, 0.4) is 0 Å². The zero-order valence-corrected chi connectivity index (χ0v) is 68.9. The van der Waals surface area contributed by atoms with E-state index in [-0.39, 0.29) is 105 Å². The van der Waals surface area contributed by atoms with Crippen molar-refractivity contribution in [3.63, 3.8) is 0 Å². The zero-order chi connectivity index (χ0) is 78.1. The lowest BCUT2D eigenvalue weighted by Gasteiger charge is -2.27. The van der Waals surface area contributed by atoms with Crippen LogP contribution < -0.4 is 8.27 Å². The van der Waals surface area contributed by atoms with Crippen molar-refractivity contribution in [1.82, 2.24) is 28.0 Å². The molecule has 3 rings (SSSR count). The van der Waals surface area contributed by atoms with Gasteiger partial charge in [0, 0.05) is 139 Å². The molecule has 5 unspecified atom stereocenters. The van der Waals surface area contributed by atoms with Gasteiger partial charge < -0.3 is 71.5 Å². The lowest BCUT2D eigenvalue weighted by molar-refractivity contribution is -0.140. The number of Topliss-reactive ketones (excluding diaryl/α,β-unsaturated/α-hetero) is 2. The van der Waals surface area contributed by atoms with E-state index in [1.807, 2.05) is 11.8 Å². The number of likely N-dealkylation sites (N-methyl/N-ethyl adjacent to an activating group) is 2. The van der Waals surface area contributed by atoms with Gasteiger partial charge in [0.1, 0.15) is 35.6 Å². The number of likely N-dealkylation sites (tertiary alicyclic amines) is 2. The number of amides is 7. The Kier molecular flexibility index (Phi) is 56.2. The van der Waals surface area contributed by atoms with Crippen molar-refractivity contribution in [2.75, 3.05) is 191 Å². The minimum Gasteiger partial charge on any atom is -0.441 e. The number of ether oxygens (including phenoxy) is 12. The molecule has 107 heavy (non-hydrogen) atoms. The quantitative estimate of drug-likeness (QED) is 0.0274. The summed E-state index contributed by atoms with van der Waals surface area (Å²) < 4.78 is 83.9. The number of ketones is 2. The summed E-state index contributed by atoms with van der Waals surface area (Å²) in [5, 5.41) is -0.996. The molecule has 2 heterocycles. The average Bonchev–Trinajstić information content (AvgIpc) is 1.68. The third-order valence-corrected chi connectivity index (χ3v) is 21.2. The van der Waals surface area contributed by atoms with Crippen LogP contribution in [0, 0.1) is 5.92 Å². The van der Waals surface area contributed by atoms with Crippen LogP contribution in [0.2, 0.25) is 0 Å². The number of methoxy groups -OCH3 is 4. The number of halogens is 2. The van der Waals surface area contributed by atoms with Crippen molar-refractivity contribution in [3.8, 4) is 5.75 Å². The minimum atomic E-state index is -1.63. The van der Waals surface area contributed by atoms with Gasteiger partial charge in [-0.15, -0.1) is 23.5 Å². The molecular weight excluding hydrogens is 1540 g/mol. The molecule has 5 atom stereocenters. The number of carbonyl (C=O) groups excluding carboxylic acids is 9. The van der Waals surface area contributed by atoms with Gasteiger partial charge in [-0.1, -0.05) is 63.1 Å². The maximum Gasteiger partial charge on any atom is 0.417 e. The second kappa shape index (κ2) is 62.1. The molecule has 1 aromatic carbocycles. The number of imide groups is 2. The van der Waals surface area contributed by atoms with Gasteiger partial charge in [-0.05, 0) is 116 Å². The number of nitrogens with one attached hydrogen (secondary N) is 1. The Morgan fingerprint density at radius 2 is 1.03 bits per heavy atom. The van der Waals surface area contributed by atoms with Gasteiger partial charge in [0.15, 0.2) is 21.3 Å². The van der Waals surface area contributed by atoms with Crippen molar-refractivity contribution in [1.29, 1.82) is 0 Å². The number of carbonyl (C=O) groups is 9. The molecule has 2 fully saturated rings. The molecule has 2 aliphatic rings. The third-order valence-electron chi connectivity index (χ3n) is 17.7. The summed E-state index contributed by atoms with van der Waals surface area (Å²) in [7, 11) is 6.42. The molecule has 0 aliphatic carbocycles. The first-order valence-electron chi connectivity index (χ1n) is 38.3. The number of unbranched alkanes of at least 4 members (excludes halogenated alkanes) is 8. The van der Waals surface area contributed by atoms with Gasteiger partial charge in [0.2, 0.25) is 29.5 Å². The van der Waals surface area contributed by atoms with E-state index in [0.29, 0.717) is 199 Å². The predicted molar refractivity (Wildman–Crippen MR) is 416 cm³/mol. The van der Waals surface area contributed by atoms with E-state index in [2.05, 4.69) is 32.6 Å². The lowest BCUT2D eigenvalue weighted by atomic mass is 10.0. The van der Waals surface area contributed by atoms with Crippen LogP contribution in [0.5, 0.6) is 5.75 Å². The number of benzene rings is 1. The minimum absolute atomic E-state index is 0.0187. The molecule has 2 saturated heterocycles. The molecule has 0 spiro atoms. The van der Waals surface area contributed by atoms with Crippen molar-refractivity contribution < 1.29 is 104 Å². The van der Waals surface area contributed by atoms with E-state index >= 15 is 0 Å². The standard InChI is InChI=1S/C75H127FIN7O21S2/c1-9-80(54-59(3)4)38-39-81(10-2)75(93)104-63-30-28-60(29-31-63)66(105-74(92)78-77-79-76)26-23-27-69(87)82(34-17-11-13-21-50-106-67-52-70(88)83(72(67)90)36-32-61(85)24-15-19-40-98-55-64(102-48-44-96-7)57-100-46-42-94-5)35-18-12-14-22-51-107-68-53-71(89)84(73(68)91)37-33-62(86)25-16-20-41-99-56-65(103-49-45-97-8)58-101-47-43-95-6/h28-31,59,64-68H,9-27,32-58H2,1-8H3,(H,78,79,92). The van der Waals surface area contributed by atoms with E-state index < -0.39 is 50.1 Å². The Bertz CT molecular complexity index is 2560. The summed E-state index contributed by atoms with van der Waals surface area (Å²) in [5.41, 5.74) is 0.589. The molecule has 0 aromatic heterocycles. The molecule has 0 saturated carbocycles. The number of thioether (sulfide) groups is 2. The highest BCUT2D eigenvalue weighted by atomic mass is 127. The Labute approximate surface area is 654 Å². The molecule has 2 aliphatic heterocycles. The highest BCUT2D eigenvalue weighted by Gasteiger charge is 2.40. The second-order valence-corrected chi connectivity index (χ2v) is 30.7. The van der Waals surface area contributed by atoms with Gasteiger partial charge >= 0.3 is 12.2 Å². The summed E-state index contributed by atoms with van der Waals surface area (Å²) >= 11 is 1.29. The fourth-order valence-corrected chi connectivity index (χ4v) is 14.5. The Hall–Kier alpha value is -4.43. The van der Waals surface area contributed by atoms with Crippen LogP contribution >= 0.6 is 44.8 Å². The summed E-state index contributed by atoms with van der Waals surface area (Å²) in [6.45, 7) is 18.7. The summed E-state index contributed by atoms with van der Waals surface area (Å²) in [6, 6.07) is 6.65. The predicted octanol–water partition coefficient (Wildman–Crippen LogP) is 10.7. The first-order chi connectivity index (χ1) is 51.9. The largest absolute Gasteiger partial charge is 0.441 e. The number of hydrogen-bond donors (Lipinski definition) is 1. The summed E-state index contributed by atoms with van der Waals surface area (Å²) in [6.07, 6.45) is 8.04.